The number of hydrogen-bond donors (Lipinski definition) is 1. The van der Waals surface area contributed by atoms with Crippen LogP contribution in [0.4, 0.5) is 5.69 Å². The van der Waals surface area contributed by atoms with Crippen LogP contribution in [0.2, 0.25) is 0 Å². The Kier molecular flexibility index (Phi) is 7.39. The molecule has 0 aliphatic carbocycles. The average molecular weight is 352 g/mol. The standard InChI is InChI=1S/C22H28N2O2/c1-5-18-8-7-9-19(6-2)22(18)24-21(25)15-26-23-14-17-10-12-20(13-11-17)16(3)4/h7-14,16H,5-6,15H2,1-4H3,(H,24,25)/b23-14-. The minimum atomic E-state index is -0.201. The molecule has 0 unspecified atom stereocenters. The van der Waals surface area contributed by atoms with Gasteiger partial charge >= 0.3 is 0 Å². The second-order valence-corrected chi connectivity index (χ2v) is 6.54. The molecule has 4 nitrogen and oxygen atoms in total. The Hall–Kier alpha value is -2.62. The van der Waals surface area contributed by atoms with Gasteiger partial charge in [0.15, 0.2) is 6.61 Å². The minimum absolute atomic E-state index is 0.109. The molecule has 0 radical (unpaired) electrons. The van der Waals surface area contributed by atoms with Gasteiger partial charge in [-0.2, -0.15) is 0 Å². The van der Waals surface area contributed by atoms with Crippen molar-refractivity contribution < 1.29 is 9.63 Å². The molecule has 0 aromatic heterocycles. The Morgan fingerprint density at radius 2 is 1.69 bits per heavy atom. The largest absolute Gasteiger partial charge is 0.386 e. The third-order valence-electron chi connectivity index (χ3n) is 4.34. The van der Waals surface area contributed by atoms with Gasteiger partial charge in [0.05, 0.1) is 6.21 Å². The lowest BCUT2D eigenvalue weighted by molar-refractivity contribution is -0.120. The molecule has 0 spiro atoms. The molecule has 0 heterocycles. The molecule has 26 heavy (non-hydrogen) atoms. The maximum absolute atomic E-state index is 12.2. The molecule has 2 aromatic carbocycles. The fourth-order valence-corrected chi connectivity index (χ4v) is 2.74. The monoisotopic (exact) mass is 352 g/mol. The Bertz CT molecular complexity index is 727. The zero-order valence-corrected chi connectivity index (χ0v) is 16.1. The molecule has 2 rings (SSSR count). The SMILES string of the molecule is CCc1cccc(CC)c1NC(=O)CO/N=C\c1ccc(C(C)C)cc1. The Labute approximate surface area is 156 Å². The highest BCUT2D eigenvalue weighted by molar-refractivity contribution is 5.93. The summed E-state index contributed by atoms with van der Waals surface area (Å²) in [4.78, 5) is 17.3. The number of anilines is 1. The second-order valence-electron chi connectivity index (χ2n) is 6.54. The second kappa shape index (κ2) is 9.76. The van der Waals surface area contributed by atoms with Gasteiger partial charge in [0, 0.05) is 5.69 Å². The van der Waals surface area contributed by atoms with E-state index in [0.29, 0.717) is 5.92 Å². The van der Waals surface area contributed by atoms with E-state index >= 15 is 0 Å². The van der Waals surface area contributed by atoms with Crippen molar-refractivity contribution in [3.05, 3.63) is 64.7 Å². The van der Waals surface area contributed by atoms with E-state index in [1.807, 2.05) is 30.3 Å². The number of benzene rings is 2. The number of carbonyl (C=O) groups excluding carboxylic acids is 1. The molecule has 0 fully saturated rings. The first-order valence-corrected chi connectivity index (χ1v) is 9.21. The van der Waals surface area contributed by atoms with Crippen molar-refractivity contribution in [3.63, 3.8) is 0 Å². The van der Waals surface area contributed by atoms with Crippen LogP contribution in [0.25, 0.3) is 0 Å². The van der Waals surface area contributed by atoms with Gasteiger partial charge in [0.1, 0.15) is 0 Å². The van der Waals surface area contributed by atoms with E-state index < -0.39 is 0 Å². The van der Waals surface area contributed by atoms with E-state index in [1.54, 1.807) is 6.21 Å². The Morgan fingerprint density at radius 1 is 1.08 bits per heavy atom. The Balaban J connectivity index is 1.89. The molecule has 138 valence electrons. The molecule has 4 heteroatoms. The normalized spacial score (nSPS) is 11.1. The van der Waals surface area contributed by atoms with Crippen molar-refractivity contribution in [1.29, 1.82) is 0 Å². The average Bonchev–Trinajstić information content (AvgIpc) is 2.65. The summed E-state index contributed by atoms with van der Waals surface area (Å²) >= 11 is 0. The number of nitrogens with one attached hydrogen (secondary N) is 1. The number of nitrogens with zero attached hydrogens (tertiary/aromatic N) is 1. The molecule has 2 aromatic rings. The highest BCUT2D eigenvalue weighted by Crippen LogP contribution is 2.22. The quantitative estimate of drug-likeness (QED) is 0.541. The van der Waals surface area contributed by atoms with Crippen molar-refractivity contribution in [2.75, 3.05) is 11.9 Å². The van der Waals surface area contributed by atoms with Crippen molar-refractivity contribution in [2.24, 2.45) is 5.16 Å². The van der Waals surface area contributed by atoms with Crippen LogP contribution in [0, 0.1) is 0 Å². The minimum Gasteiger partial charge on any atom is -0.386 e. The van der Waals surface area contributed by atoms with Crippen molar-refractivity contribution in [2.45, 2.75) is 46.5 Å². The summed E-state index contributed by atoms with van der Waals surface area (Å²) in [6.45, 7) is 8.37. The van der Waals surface area contributed by atoms with Crippen LogP contribution in [0.15, 0.2) is 47.6 Å². The van der Waals surface area contributed by atoms with E-state index in [2.05, 4.69) is 50.3 Å². The third kappa shape index (κ3) is 5.45. The van der Waals surface area contributed by atoms with Crippen LogP contribution in [0.3, 0.4) is 0 Å². The van der Waals surface area contributed by atoms with Gasteiger partial charge in [0.2, 0.25) is 0 Å². The van der Waals surface area contributed by atoms with E-state index in [4.69, 9.17) is 4.84 Å². The Morgan fingerprint density at radius 3 is 2.23 bits per heavy atom. The number of rotatable bonds is 8. The summed E-state index contributed by atoms with van der Waals surface area (Å²) in [5.74, 6) is 0.299. The molecule has 1 N–H and O–H groups in total. The lowest BCUT2D eigenvalue weighted by atomic mass is 10.0. The van der Waals surface area contributed by atoms with Crippen LogP contribution in [0.5, 0.6) is 0 Å². The molecule has 0 aliphatic rings. The molecule has 0 saturated carbocycles. The van der Waals surface area contributed by atoms with Crippen molar-refractivity contribution >= 4 is 17.8 Å². The fourth-order valence-electron chi connectivity index (χ4n) is 2.74. The highest BCUT2D eigenvalue weighted by atomic mass is 16.6. The first-order valence-electron chi connectivity index (χ1n) is 9.21. The van der Waals surface area contributed by atoms with E-state index in [1.165, 1.54) is 5.56 Å². The van der Waals surface area contributed by atoms with Gasteiger partial charge in [0.25, 0.3) is 5.91 Å². The predicted octanol–water partition coefficient (Wildman–Crippen LogP) is 4.92. The first-order chi connectivity index (χ1) is 12.5. The van der Waals surface area contributed by atoms with Gasteiger partial charge in [-0.25, -0.2) is 0 Å². The summed E-state index contributed by atoms with van der Waals surface area (Å²) in [6.07, 6.45) is 3.36. The molecule has 0 atom stereocenters. The summed E-state index contributed by atoms with van der Waals surface area (Å²) in [5, 5.41) is 6.86. The maximum atomic E-state index is 12.2. The zero-order valence-electron chi connectivity index (χ0n) is 16.1. The van der Waals surface area contributed by atoms with Crippen LogP contribution >= 0.6 is 0 Å². The number of para-hydroxylation sites is 1. The van der Waals surface area contributed by atoms with E-state index in [-0.39, 0.29) is 12.5 Å². The topological polar surface area (TPSA) is 50.7 Å². The van der Waals surface area contributed by atoms with Gasteiger partial charge in [-0.05, 0) is 41.0 Å². The van der Waals surface area contributed by atoms with Crippen molar-refractivity contribution in [1.82, 2.24) is 0 Å². The lowest BCUT2D eigenvalue weighted by Crippen LogP contribution is -2.19. The summed E-state index contributed by atoms with van der Waals surface area (Å²) in [7, 11) is 0. The molecular formula is C22H28N2O2. The number of oxime groups is 1. The summed E-state index contributed by atoms with van der Waals surface area (Å²) in [6, 6.07) is 14.2. The van der Waals surface area contributed by atoms with Crippen LogP contribution in [0.1, 0.15) is 55.9 Å². The first kappa shape index (κ1) is 19.7. The molecule has 0 aliphatic heterocycles. The van der Waals surface area contributed by atoms with Crippen molar-refractivity contribution in [3.8, 4) is 0 Å². The zero-order chi connectivity index (χ0) is 18.9. The molecule has 0 saturated heterocycles. The number of hydrogen-bond acceptors (Lipinski definition) is 3. The number of aryl methyl sites for hydroxylation is 2. The lowest BCUT2D eigenvalue weighted by Gasteiger charge is -2.13. The van der Waals surface area contributed by atoms with Crippen LogP contribution in [-0.4, -0.2) is 18.7 Å². The highest BCUT2D eigenvalue weighted by Gasteiger charge is 2.10. The number of amides is 1. The van der Waals surface area contributed by atoms with Crippen LogP contribution in [-0.2, 0) is 22.5 Å². The van der Waals surface area contributed by atoms with Gasteiger partial charge in [-0.15, -0.1) is 0 Å². The maximum Gasteiger partial charge on any atom is 0.265 e. The molecular weight excluding hydrogens is 324 g/mol. The third-order valence-corrected chi connectivity index (χ3v) is 4.34. The molecule has 0 bridgehead atoms. The van der Waals surface area contributed by atoms with E-state index in [0.717, 1.165) is 35.2 Å². The van der Waals surface area contributed by atoms with Gasteiger partial charge in [-0.3, -0.25) is 4.79 Å². The van der Waals surface area contributed by atoms with Gasteiger partial charge < -0.3 is 10.2 Å². The van der Waals surface area contributed by atoms with Crippen LogP contribution < -0.4 is 5.32 Å². The predicted molar refractivity (Wildman–Crippen MR) is 108 cm³/mol. The summed E-state index contributed by atoms with van der Waals surface area (Å²) in [5.41, 5.74) is 5.39. The molecule has 1 amide bonds. The number of carbonyl (C=O) groups is 1. The fraction of sp³-hybridized carbons (Fsp3) is 0.364. The summed E-state index contributed by atoms with van der Waals surface area (Å²) < 4.78 is 0. The van der Waals surface area contributed by atoms with E-state index in [9.17, 15) is 4.79 Å². The smallest absolute Gasteiger partial charge is 0.265 e. The van der Waals surface area contributed by atoms with Gasteiger partial charge in [-0.1, -0.05) is 75.3 Å².